The first kappa shape index (κ1) is 14.4. The molecule has 0 saturated heterocycles. The third-order valence-electron chi connectivity index (χ3n) is 3.06. The van der Waals surface area contributed by atoms with Gasteiger partial charge in [-0.25, -0.2) is 0 Å². The summed E-state index contributed by atoms with van der Waals surface area (Å²) in [6, 6.07) is 12.8. The fourth-order valence-corrected chi connectivity index (χ4v) is 2.56. The van der Waals surface area contributed by atoms with Gasteiger partial charge in [0, 0.05) is 15.0 Å². The average Bonchev–Trinajstić information content (AvgIpc) is 2.37. The maximum atomic E-state index is 5.71. The van der Waals surface area contributed by atoms with Crippen LogP contribution >= 0.6 is 22.6 Å². The molecule has 0 radical (unpaired) electrons. The van der Waals surface area contributed by atoms with Crippen LogP contribution in [0.3, 0.4) is 0 Å². The van der Waals surface area contributed by atoms with Crippen molar-refractivity contribution in [2.75, 3.05) is 0 Å². The lowest BCUT2D eigenvalue weighted by Gasteiger charge is -2.17. The molecule has 3 N–H and O–H groups in total. The minimum Gasteiger partial charge on any atom is -0.271 e. The van der Waals surface area contributed by atoms with Crippen LogP contribution in [0.4, 0.5) is 0 Å². The van der Waals surface area contributed by atoms with E-state index in [0.717, 1.165) is 17.8 Å². The Balaban J connectivity index is 2.22. The van der Waals surface area contributed by atoms with Crippen molar-refractivity contribution >= 4 is 22.6 Å². The van der Waals surface area contributed by atoms with Gasteiger partial charge in [-0.1, -0.05) is 12.1 Å². The number of halogens is 1. The molecule has 100 valence electrons. The number of hydrazine groups is 1. The first-order valence-electron chi connectivity index (χ1n) is 6.24. The van der Waals surface area contributed by atoms with Crippen molar-refractivity contribution in [3.05, 3.63) is 62.5 Å². The van der Waals surface area contributed by atoms with Crippen molar-refractivity contribution in [1.82, 2.24) is 10.4 Å². The van der Waals surface area contributed by atoms with Crippen LogP contribution in [0.5, 0.6) is 0 Å². The second-order valence-electron chi connectivity index (χ2n) is 4.73. The van der Waals surface area contributed by atoms with E-state index in [1.165, 1.54) is 14.7 Å². The van der Waals surface area contributed by atoms with Crippen LogP contribution in [0.25, 0.3) is 0 Å². The molecule has 0 saturated carbocycles. The number of pyridine rings is 1. The molecule has 0 aliphatic carbocycles. The Labute approximate surface area is 127 Å². The number of aryl methyl sites for hydroxylation is 2. The zero-order chi connectivity index (χ0) is 13.8. The third kappa shape index (κ3) is 3.99. The third-order valence-corrected chi connectivity index (χ3v) is 3.78. The van der Waals surface area contributed by atoms with Crippen molar-refractivity contribution < 1.29 is 0 Å². The maximum absolute atomic E-state index is 5.71. The first-order valence-corrected chi connectivity index (χ1v) is 7.32. The van der Waals surface area contributed by atoms with Gasteiger partial charge in [-0.05, 0) is 78.3 Å². The van der Waals surface area contributed by atoms with Gasteiger partial charge >= 0.3 is 0 Å². The molecular weight excluding hydrogens is 349 g/mol. The van der Waals surface area contributed by atoms with Gasteiger partial charge in [0.1, 0.15) is 0 Å². The van der Waals surface area contributed by atoms with Crippen LogP contribution in [0, 0.1) is 17.4 Å². The number of nitrogens with one attached hydrogen (secondary N) is 1. The molecule has 4 heteroatoms. The van der Waals surface area contributed by atoms with E-state index in [9.17, 15) is 0 Å². The SMILES string of the molecule is Cc1cc(C(Cc2ccc(I)cc2)NN)cc(C)n1. The van der Waals surface area contributed by atoms with Gasteiger partial charge in [-0.2, -0.15) is 0 Å². The minimum atomic E-state index is 0.112. The summed E-state index contributed by atoms with van der Waals surface area (Å²) in [5.41, 5.74) is 7.42. The van der Waals surface area contributed by atoms with Crippen LogP contribution in [0.1, 0.15) is 28.6 Å². The van der Waals surface area contributed by atoms with E-state index < -0.39 is 0 Å². The van der Waals surface area contributed by atoms with Crippen LogP contribution in [0.2, 0.25) is 0 Å². The Bertz CT molecular complexity index is 532. The molecular formula is C15H18IN3. The Morgan fingerprint density at radius 2 is 1.74 bits per heavy atom. The molecule has 0 aliphatic rings. The monoisotopic (exact) mass is 367 g/mol. The summed E-state index contributed by atoms with van der Waals surface area (Å²) in [7, 11) is 0. The summed E-state index contributed by atoms with van der Waals surface area (Å²) in [6.45, 7) is 4.02. The van der Waals surface area contributed by atoms with Crippen molar-refractivity contribution in [3.8, 4) is 0 Å². The molecule has 0 fully saturated rings. The summed E-state index contributed by atoms with van der Waals surface area (Å²) in [5, 5.41) is 0. The highest BCUT2D eigenvalue weighted by atomic mass is 127. The molecule has 2 rings (SSSR count). The number of nitrogens with zero attached hydrogens (tertiary/aromatic N) is 1. The molecule has 1 heterocycles. The fraction of sp³-hybridized carbons (Fsp3) is 0.267. The van der Waals surface area contributed by atoms with Crippen molar-refractivity contribution in [1.29, 1.82) is 0 Å². The molecule has 0 bridgehead atoms. The number of hydrogen-bond donors (Lipinski definition) is 2. The van der Waals surface area contributed by atoms with Crippen LogP contribution in [-0.4, -0.2) is 4.98 Å². The van der Waals surface area contributed by atoms with Crippen molar-refractivity contribution in [2.24, 2.45) is 5.84 Å². The van der Waals surface area contributed by atoms with Gasteiger partial charge in [-0.15, -0.1) is 0 Å². The lowest BCUT2D eigenvalue weighted by Crippen LogP contribution is -2.29. The van der Waals surface area contributed by atoms with E-state index >= 15 is 0 Å². The fourth-order valence-electron chi connectivity index (χ4n) is 2.20. The maximum Gasteiger partial charge on any atom is 0.0501 e. The standard InChI is InChI=1S/C15H18IN3/c1-10-7-13(8-11(2)18-10)15(19-17)9-12-3-5-14(16)6-4-12/h3-8,15,19H,9,17H2,1-2H3. The molecule has 0 amide bonds. The van der Waals surface area contributed by atoms with Gasteiger partial charge in [0.05, 0.1) is 6.04 Å². The lowest BCUT2D eigenvalue weighted by molar-refractivity contribution is 0.550. The highest BCUT2D eigenvalue weighted by Gasteiger charge is 2.11. The number of aromatic nitrogens is 1. The molecule has 19 heavy (non-hydrogen) atoms. The van der Waals surface area contributed by atoms with E-state index in [-0.39, 0.29) is 6.04 Å². The highest BCUT2D eigenvalue weighted by molar-refractivity contribution is 14.1. The second kappa shape index (κ2) is 6.45. The van der Waals surface area contributed by atoms with E-state index in [2.05, 4.69) is 69.4 Å². The minimum absolute atomic E-state index is 0.112. The van der Waals surface area contributed by atoms with E-state index in [1.54, 1.807) is 0 Å². The average molecular weight is 367 g/mol. The molecule has 2 aromatic rings. The van der Waals surface area contributed by atoms with Crippen LogP contribution < -0.4 is 11.3 Å². The number of nitrogens with two attached hydrogens (primary N) is 1. The Morgan fingerprint density at radius 1 is 1.16 bits per heavy atom. The largest absolute Gasteiger partial charge is 0.271 e. The highest BCUT2D eigenvalue weighted by Crippen LogP contribution is 2.20. The summed E-state index contributed by atoms with van der Waals surface area (Å²) in [4.78, 5) is 4.40. The smallest absolute Gasteiger partial charge is 0.0501 e. The molecule has 0 spiro atoms. The van der Waals surface area contributed by atoms with E-state index in [4.69, 9.17) is 5.84 Å². The van der Waals surface area contributed by atoms with Gasteiger partial charge < -0.3 is 0 Å². The van der Waals surface area contributed by atoms with E-state index in [1.807, 2.05) is 13.8 Å². The molecule has 1 unspecified atom stereocenters. The van der Waals surface area contributed by atoms with Gasteiger partial charge in [0.2, 0.25) is 0 Å². The normalized spacial score (nSPS) is 12.4. The van der Waals surface area contributed by atoms with Gasteiger partial charge in [0.15, 0.2) is 0 Å². The first-order chi connectivity index (χ1) is 9.08. The second-order valence-corrected chi connectivity index (χ2v) is 5.98. The lowest BCUT2D eigenvalue weighted by atomic mass is 9.99. The summed E-state index contributed by atoms with van der Waals surface area (Å²) in [5.74, 6) is 5.71. The Morgan fingerprint density at radius 3 is 2.26 bits per heavy atom. The molecule has 1 aromatic carbocycles. The number of benzene rings is 1. The Kier molecular flexibility index (Phi) is 4.90. The molecule has 0 aliphatic heterocycles. The van der Waals surface area contributed by atoms with E-state index in [0.29, 0.717) is 0 Å². The number of hydrogen-bond acceptors (Lipinski definition) is 3. The zero-order valence-corrected chi connectivity index (χ0v) is 13.3. The number of rotatable bonds is 4. The quantitative estimate of drug-likeness (QED) is 0.496. The topological polar surface area (TPSA) is 50.9 Å². The Hall–Kier alpha value is -0.980. The van der Waals surface area contributed by atoms with Gasteiger partial charge in [-0.3, -0.25) is 16.3 Å². The van der Waals surface area contributed by atoms with Crippen molar-refractivity contribution in [2.45, 2.75) is 26.3 Å². The zero-order valence-electron chi connectivity index (χ0n) is 11.2. The summed E-state index contributed by atoms with van der Waals surface area (Å²) in [6.07, 6.45) is 0.871. The van der Waals surface area contributed by atoms with Crippen LogP contribution in [0.15, 0.2) is 36.4 Å². The molecule has 1 aromatic heterocycles. The summed E-state index contributed by atoms with van der Waals surface area (Å²) >= 11 is 2.31. The molecule has 1 atom stereocenters. The predicted molar refractivity (Wildman–Crippen MR) is 86.6 cm³/mol. The molecule has 3 nitrogen and oxygen atoms in total. The van der Waals surface area contributed by atoms with Gasteiger partial charge in [0.25, 0.3) is 0 Å². The van der Waals surface area contributed by atoms with Crippen LogP contribution in [-0.2, 0) is 6.42 Å². The summed E-state index contributed by atoms with van der Waals surface area (Å²) < 4.78 is 1.24. The van der Waals surface area contributed by atoms with Crippen molar-refractivity contribution in [3.63, 3.8) is 0 Å². The predicted octanol–water partition coefficient (Wildman–Crippen LogP) is 3.05.